The first-order valence-corrected chi connectivity index (χ1v) is 8.89. The van der Waals surface area contributed by atoms with Crippen LogP contribution in [0.2, 0.25) is 0 Å². The predicted octanol–water partition coefficient (Wildman–Crippen LogP) is 3.25. The Morgan fingerprint density at radius 1 is 1.00 bits per heavy atom. The maximum atomic E-state index is 12.6. The first kappa shape index (κ1) is 18.6. The number of hydrogen-bond acceptors (Lipinski definition) is 3. The summed E-state index contributed by atoms with van der Waals surface area (Å²) in [4.78, 5) is 37.9. The fraction of sp³-hybridized carbons (Fsp3) is 0.286. The Labute approximate surface area is 158 Å². The van der Waals surface area contributed by atoms with Crippen LogP contribution in [0.4, 0.5) is 17.1 Å². The largest absolute Gasteiger partial charge is 0.326 e. The van der Waals surface area contributed by atoms with Crippen molar-refractivity contribution in [2.75, 3.05) is 22.1 Å². The van der Waals surface area contributed by atoms with Gasteiger partial charge in [-0.15, -0.1) is 0 Å². The molecule has 3 amide bonds. The van der Waals surface area contributed by atoms with E-state index in [1.54, 1.807) is 29.2 Å². The number of nitrogens with zero attached hydrogens (tertiary/aromatic N) is 1. The molecule has 2 aromatic rings. The summed E-state index contributed by atoms with van der Waals surface area (Å²) >= 11 is 0. The molecule has 2 N–H and O–H groups in total. The molecule has 2 aromatic carbocycles. The van der Waals surface area contributed by atoms with Crippen LogP contribution in [0.1, 0.15) is 24.5 Å². The zero-order valence-corrected chi connectivity index (χ0v) is 15.7. The second-order valence-electron chi connectivity index (χ2n) is 6.93. The zero-order chi connectivity index (χ0) is 19.6. The summed E-state index contributed by atoms with van der Waals surface area (Å²) in [6.07, 6.45) is 0.168. The molecule has 0 saturated carbocycles. The Morgan fingerprint density at radius 3 is 2.44 bits per heavy atom. The average Bonchev–Trinajstić information content (AvgIpc) is 3.00. The van der Waals surface area contributed by atoms with Crippen molar-refractivity contribution in [3.05, 3.63) is 53.6 Å². The van der Waals surface area contributed by atoms with Crippen LogP contribution in [0.15, 0.2) is 42.5 Å². The second kappa shape index (κ2) is 7.61. The van der Waals surface area contributed by atoms with Gasteiger partial charge in [-0.1, -0.05) is 12.1 Å². The molecule has 1 atom stereocenters. The number of amides is 3. The van der Waals surface area contributed by atoms with Gasteiger partial charge in [0.15, 0.2) is 0 Å². The second-order valence-corrected chi connectivity index (χ2v) is 6.93. The van der Waals surface area contributed by atoms with Gasteiger partial charge in [0.2, 0.25) is 17.7 Å². The predicted molar refractivity (Wildman–Crippen MR) is 106 cm³/mol. The van der Waals surface area contributed by atoms with Gasteiger partial charge in [0.05, 0.1) is 5.92 Å². The minimum Gasteiger partial charge on any atom is -0.326 e. The van der Waals surface area contributed by atoms with Gasteiger partial charge in [-0.25, -0.2) is 0 Å². The zero-order valence-electron chi connectivity index (χ0n) is 15.7. The summed E-state index contributed by atoms with van der Waals surface area (Å²) in [5, 5.41) is 5.61. The van der Waals surface area contributed by atoms with Crippen molar-refractivity contribution in [1.82, 2.24) is 0 Å². The Balaban J connectivity index is 1.70. The van der Waals surface area contributed by atoms with Gasteiger partial charge in [-0.05, 0) is 55.3 Å². The fourth-order valence-corrected chi connectivity index (χ4v) is 3.15. The topological polar surface area (TPSA) is 78.5 Å². The van der Waals surface area contributed by atoms with Gasteiger partial charge in [0, 0.05) is 37.0 Å². The van der Waals surface area contributed by atoms with Gasteiger partial charge < -0.3 is 15.5 Å². The van der Waals surface area contributed by atoms with E-state index in [0.29, 0.717) is 17.9 Å². The highest BCUT2D eigenvalue weighted by molar-refractivity contribution is 6.04. The molecule has 0 aliphatic carbocycles. The molecule has 0 radical (unpaired) electrons. The van der Waals surface area contributed by atoms with Gasteiger partial charge in [-0.2, -0.15) is 0 Å². The van der Waals surface area contributed by atoms with Gasteiger partial charge in [0.1, 0.15) is 0 Å². The van der Waals surface area contributed by atoms with E-state index in [0.717, 1.165) is 16.8 Å². The van der Waals surface area contributed by atoms with Crippen molar-refractivity contribution >= 4 is 34.8 Å². The van der Waals surface area contributed by atoms with Gasteiger partial charge in [-0.3, -0.25) is 14.4 Å². The molecule has 6 heteroatoms. The normalized spacial score (nSPS) is 16.3. The number of benzene rings is 2. The van der Waals surface area contributed by atoms with Crippen molar-refractivity contribution in [2.45, 2.75) is 27.2 Å². The Hall–Kier alpha value is -3.15. The quantitative estimate of drug-likeness (QED) is 0.873. The van der Waals surface area contributed by atoms with E-state index in [1.165, 1.54) is 6.92 Å². The summed E-state index contributed by atoms with van der Waals surface area (Å²) in [6.45, 7) is 5.76. The van der Waals surface area contributed by atoms with E-state index in [2.05, 4.69) is 10.6 Å². The first-order valence-electron chi connectivity index (χ1n) is 8.89. The maximum Gasteiger partial charge on any atom is 0.229 e. The Morgan fingerprint density at radius 2 is 1.74 bits per heavy atom. The van der Waals surface area contributed by atoms with Crippen molar-refractivity contribution in [3.63, 3.8) is 0 Å². The molecule has 0 spiro atoms. The molecule has 1 heterocycles. The number of aryl methyl sites for hydroxylation is 2. The van der Waals surface area contributed by atoms with Crippen LogP contribution in [0, 0.1) is 19.8 Å². The molecule has 1 aliphatic heterocycles. The van der Waals surface area contributed by atoms with Crippen LogP contribution in [0.3, 0.4) is 0 Å². The minimum absolute atomic E-state index is 0.102. The summed E-state index contributed by atoms with van der Waals surface area (Å²) in [5.41, 5.74) is 4.30. The fourth-order valence-electron chi connectivity index (χ4n) is 3.15. The van der Waals surface area contributed by atoms with Crippen LogP contribution in [-0.4, -0.2) is 24.3 Å². The summed E-state index contributed by atoms with van der Waals surface area (Å²) in [5.74, 6) is -0.851. The van der Waals surface area contributed by atoms with E-state index >= 15 is 0 Å². The van der Waals surface area contributed by atoms with E-state index in [9.17, 15) is 14.4 Å². The molecule has 140 valence electrons. The lowest BCUT2D eigenvalue weighted by Gasteiger charge is -2.18. The highest BCUT2D eigenvalue weighted by atomic mass is 16.2. The van der Waals surface area contributed by atoms with Crippen molar-refractivity contribution in [1.29, 1.82) is 0 Å². The first-order chi connectivity index (χ1) is 12.8. The van der Waals surface area contributed by atoms with E-state index in [-0.39, 0.29) is 24.1 Å². The average molecular weight is 365 g/mol. The smallest absolute Gasteiger partial charge is 0.229 e. The molecule has 27 heavy (non-hydrogen) atoms. The van der Waals surface area contributed by atoms with Crippen LogP contribution in [0.25, 0.3) is 0 Å². The third-order valence-electron chi connectivity index (χ3n) is 4.75. The van der Waals surface area contributed by atoms with E-state index < -0.39 is 5.92 Å². The number of anilines is 3. The van der Waals surface area contributed by atoms with Crippen molar-refractivity contribution in [3.8, 4) is 0 Å². The third kappa shape index (κ3) is 4.34. The maximum absolute atomic E-state index is 12.6. The molecule has 0 aromatic heterocycles. The minimum atomic E-state index is -0.413. The third-order valence-corrected chi connectivity index (χ3v) is 4.75. The van der Waals surface area contributed by atoms with Crippen molar-refractivity contribution in [2.24, 2.45) is 5.92 Å². The van der Waals surface area contributed by atoms with Gasteiger partial charge in [0.25, 0.3) is 0 Å². The summed E-state index contributed by atoms with van der Waals surface area (Å²) in [7, 11) is 0. The van der Waals surface area contributed by atoms with Gasteiger partial charge >= 0.3 is 0 Å². The lowest BCUT2D eigenvalue weighted by Crippen LogP contribution is -2.28. The van der Waals surface area contributed by atoms with Crippen molar-refractivity contribution < 1.29 is 14.4 Å². The van der Waals surface area contributed by atoms with E-state index in [1.807, 2.05) is 32.0 Å². The van der Waals surface area contributed by atoms with Crippen LogP contribution < -0.4 is 15.5 Å². The number of carbonyl (C=O) groups is 3. The molecule has 1 aliphatic rings. The molecule has 1 fully saturated rings. The summed E-state index contributed by atoms with van der Waals surface area (Å²) in [6, 6.07) is 12.8. The van der Waals surface area contributed by atoms with Crippen LogP contribution in [0.5, 0.6) is 0 Å². The molecular weight excluding hydrogens is 342 g/mol. The van der Waals surface area contributed by atoms with Crippen LogP contribution >= 0.6 is 0 Å². The monoisotopic (exact) mass is 365 g/mol. The molecule has 0 bridgehead atoms. The number of carbonyl (C=O) groups excluding carboxylic acids is 3. The highest BCUT2D eigenvalue weighted by Gasteiger charge is 2.35. The lowest BCUT2D eigenvalue weighted by atomic mass is 10.1. The molecule has 3 rings (SSSR count). The Kier molecular flexibility index (Phi) is 5.26. The van der Waals surface area contributed by atoms with Crippen LogP contribution in [-0.2, 0) is 14.4 Å². The molecule has 1 saturated heterocycles. The molecular formula is C21H23N3O3. The standard InChI is InChI=1S/C21H23N3O3/c1-13-7-8-18(9-14(13)2)23-21(27)16-10-20(26)24(12-16)19-6-4-5-17(11-19)22-15(3)25/h4-9,11,16H,10,12H2,1-3H3,(H,22,25)(H,23,27). The Bertz CT molecular complexity index is 907. The number of nitrogens with one attached hydrogen (secondary N) is 2. The SMILES string of the molecule is CC(=O)Nc1cccc(N2CC(C(=O)Nc3ccc(C)c(C)c3)CC2=O)c1. The van der Waals surface area contributed by atoms with E-state index in [4.69, 9.17) is 0 Å². The molecule has 1 unspecified atom stereocenters. The summed E-state index contributed by atoms with van der Waals surface area (Å²) < 4.78 is 0. The molecule has 6 nitrogen and oxygen atoms in total. The number of rotatable bonds is 4. The lowest BCUT2D eigenvalue weighted by molar-refractivity contribution is -0.122. The highest BCUT2D eigenvalue weighted by Crippen LogP contribution is 2.28. The number of hydrogen-bond donors (Lipinski definition) is 2.